The number of hydrogen-bond acceptors (Lipinski definition) is 3. The van der Waals surface area contributed by atoms with Gasteiger partial charge in [-0.05, 0) is 46.3 Å². The fraction of sp³-hybridized carbons (Fsp3) is 0.154. The molecule has 18 heavy (non-hydrogen) atoms. The maximum atomic E-state index is 5.96. The van der Waals surface area contributed by atoms with Crippen molar-refractivity contribution in [2.24, 2.45) is 0 Å². The summed E-state index contributed by atoms with van der Waals surface area (Å²) in [5, 5.41) is 3.92. The normalized spacial score (nSPS) is 10.2. The summed E-state index contributed by atoms with van der Waals surface area (Å²) in [6.07, 6.45) is 0. The number of methoxy groups -OCH3 is 1. The zero-order valence-corrected chi connectivity index (χ0v) is 12.1. The average Bonchev–Trinajstić information content (AvgIpc) is 2.37. The molecule has 3 nitrogen and oxygen atoms in total. The third kappa shape index (κ3) is 3.37. The first-order valence-corrected chi connectivity index (χ1v) is 6.55. The van der Waals surface area contributed by atoms with Crippen molar-refractivity contribution in [1.82, 2.24) is 4.98 Å². The summed E-state index contributed by atoms with van der Waals surface area (Å²) in [6, 6.07) is 11.3. The Kier molecular flexibility index (Phi) is 4.44. The van der Waals surface area contributed by atoms with Crippen molar-refractivity contribution in [3.05, 3.63) is 51.7 Å². The predicted octanol–water partition coefficient (Wildman–Crippen LogP) is 4.12. The van der Waals surface area contributed by atoms with Crippen molar-refractivity contribution >= 4 is 33.2 Å². The molecule has 0 bridgehead atoms. The lowest BCUT2D eigenvalue weighted by Crippen LogP contribution is -2.03. The van der Waals surface area contributed by atoms with Crippen LogP contribution in [0.25, 0.3) is 0 Å². The third-order valence-electron chi connectivity index (χ3n) is 2.39. The minimum Gasteiger partial charge on any atom is -0.495 e. The molecule has 5 heteroatoms. The maximum Gasteiger partial charge on any atom is 0.142 e. The van der Waals surface area contributed by atoms with Gasteiger partial charge in [-0.2, -0.15) is 0 Å². The lowest BCUT2D eigenvalue weighted by molar-refractivity contribution is 0.416. The number of nitrogens with zero attached hydrogens (tertiary/aromatic N) is 1. The van der Waals surface area contributed by atoms with Gasteiger partial charge in [-0.25, -0.2) is 4.98 Å². The first-order valence-electron chi connectivity index (χ1n) is 5.38. The van der Waals surface area contributed by atoms with E-state index in [0.29, 0.717) is 11.6 Å². The van der Waals surface area contributed by atoms with Crippen LogP contribution in [0.4, 0.5) is 5.69 Å². The Hall–Kier alpha value is -1.26. The molecule has 0 spiro atoms. The van der Waals surface area contributed by atoms with Crippen LogP contribution in [0.2, 0.25) is 5.02 Å². The van der Waals surface area contributed by atoms with Gasteiger partial charge in [0.1, 0.15) is 10.4 Å². The Morgan fingerprint density at radius 1 is 1.33 bits per heavy atom. The molecular formula is C13H12BrClN2O. The Morgan fingerprint density at radius 3 is 2.89 bits per heavy atom. The molecule has 1 heterocycles. The van der Waals surface area contributed by atoms with Crippen molar-refractivity contribution in [2.75, 3.05) is 12.4 Å². The molecule has 0 aliphatic heterocycles. The molecule has 0 amide bonds. The van der Waals surface area contributed by atoms with E-state index in [0.717, 1.165) is 21.7 Å². The highest BCUT2D eigenvalue weighted by Crippen LogP contribution is 2.27. The van der Waals surface area contributed by atoms with Crippen molar-refractivity contribution in [3.8, 4) is 5.75 Å². The van der Waals surface area contributed by atoms with Crippen LogP contribution in [0.1, 0.15) is 5.69 Å². The number of hydrogen-bond donors (Lipinski definition) is 1. The first kappa shape index (κ1) is 13.2. The Balaban J connectivity index is 2.12. The van der Waals surface area contributed by atoms with Crippen molar-refractivity contribution in [1.29, 1.82) is 0 Å². The standard InChI is InChI=1S/C13H12BrClN2O/c1-18-12-6-5-9(15)7-11(12)16-8-10-3-2-4-13(14)17-10/h2-7,16H,8H2,1H3. The van der Waals surface area contributed by atoms with Gasteiger partial charge in [0.25, 0.3) is 0 Å². The molecule has 1 aromatic heterocycles. The Bertz CT molecular complexity index is 548. The summed E-state index contributed by atoms with van der Waals surface area (Å²) in [7, 11) is 1.63. The van der Waals surface area contributed by atoms with Crippen molar-refractivity contribution in [2.45, 2.75) is 6.54 Å². The molecule has 1 N–H and O–H groups in total. The van der Waals surface area contributed by atoms with Gasteiger partial charge < -0.3 is 10.1 Å². The SMILES string of the molecule is COc1ccc(Cl)cc1NCc1cccc(Br)n1. The second-order valence-electron chi connectivity index (χ2n) is 3.65. The average molecular weight is 328 g/mol. The predicted molar refractivity (Wildman–Crippen MR) is 77.3 cm³/mol. The summed E-state index contributed by atoms with van der Waals surface area (Å²) >= 11 is 9.31. The first-order chi connectivity index (χ1) is 8.69. The largest absolute Gasteiger partial charge is 0.495 e. The molecule has 94 valence electrons. The zero-order valence-electron chi connectivity index (χ0n) is 9.78. The summed E-state index contributed by atoms with van der Waals surface area (Å²) in [4.78, 5) is 4.35. The van der Waals surface area contributed by atoms with Crippen LogP contribution in [-0.2, 0) is 6.54 Å². The number of halogens is 2. The monoisotopic (exact) mass is 326 g/mol. The van der Waals surface area contributed by atoms with E-state index in [-0.39, 0.29) is 0 Å². The molecule has 0 radical (unpaired) electrons. The van der Waals surface area contributed by atoms with Gasteiger partial charge in [-0.15, -0.1) is 0 Å². The van der Waals surface area contributed by atoms with Gasteiger partial charge in [0.05, 0.1) is 25.0 Å². The molecule has 0 aliphatic rings. The lowest BCUT2D eigenvalue weighted by atomic mass is 10.2. The number of nitrogens with one attached hydrogen (secondary N) is 1. The van der Waals surface area contributed by atoms with Crippen LogP contribution < -0.4 is 10.1 Å². The Morgan fingerprint density at radius 2 is 2.17 bits per heavy atom. The highest BCUT2D eigenvalue weighted by molar-refractivity contribution is 9.10. The van der Waals surface area contributed by atoms with E-state index in [4.69, 9.17) is 16.3 Å². The van der Waals surface area contributed by atoms with Gasteiger partial charge in [0, 0.05) is 5.02 Å². The van der Waals surface area contributed by atoms with Crippen LogP contribution in [-0.4, -0.2) is 12.1 Å². The molecule has 1 aromatic carbocycles. The van der Waals surface area contributed by atoms with E-state index in [9.17, 15) is 0 Å². The number of pyridine rings is 1. The molecule has 0 unspecified atom stereocenters. The number of aromatic nitrogens is 1. The van der Waals surface area contributed by atoms with Crippen LogP contribution in [0.15, 0.2) is 41.0 Å². The number of ether oxygens (including phenoxy) is 1. The fourth-order valence-corrected chi connectivity index (χ4v) is 2.11. The van der Waals surface area contributed by atoms with E-state index in [1.807, 2.05) is 30.3 Å². The zero-order chi connectivity index (χ0) is 13.0. The second-order valence-corrected chi connectivity index (χ2v) is 4.90. The Labute approximate surface area is 119 Å². The number of benzene rings is 1. The number of rotatable bonds is 4. The topological polar surface area (TPSA) is 34.1 Å². The van der Waals surface area contributed by atoms with Crippen molar-refractivity contribution in [3.63, 3.8) is 0 Å². The molecule has 0 saturated heterocycles. The molecular weight excluding hydrogens is 316 g/mol. The van der Waals surface area contributed by atoms with Crippen LogP contribution in [0.5, 0.6) is 5.75 Å². The van der Waals surface area contributed by atoms with E-state index in [1.165, 1.54) is 0 Å². The summed E-state index contributed by atoms with van der Waals surface area (Å²) in [6.45, 7) is 0.607. The van der Waals surface area contributed by atoms with E-state index in [1.54, 1.807) is 13.2 Å². The van der Waals surface area contributed by atoms with Crippen LogP contribution >= 0.6 is 27.5 Å². The van der Waals surface area contributed by atoms with Crippen LogP contribution in [0, 0.1) is 0 Å². The highest BCUT2D eigenvalue weighted by atomic mass is 79.9. The molecule has 0 atom stereocenters. The summed E-state index contributed by atoms with van der Waals surface area (Å²) in [5.41, 5.74) is 1.79. The van der Waals surface area contributed by atoms with Gasteiger partial charge in [0.2, 0.25) is 0 Å². The molecule has 0 saturated carbocycles. The minimum atomic E-state index is 0.607. The minimum absolute atomic E-state index is 0.607. The van der Waals surface area contributed by atoms with Gasteiger partial charge in [-0.3, -0.25) is 0 Å². The highest BCUT2D eigenvalue weighted by Gasteiger charge is 2.04. The smallest absolute Gasteiger partial charge is 0.142 e. The van der Waals surface area contributed by atoms with Crippen molar-refractivity contribution < 1.29 is 4.74 Å². The second kappa shape index (κ2) is 6.07. The summed E-state index contributed by atoms with van der Waals surface area (Å²) < 4.78 is 6.08. The van der Waals surface area contributed by atoms with Crippen LogP contribution in [0.3, 0.4) is 0 Å². The van der Waals surface area contributed by atoms with E-state index >= 15 is 0 Å². The van der Waals surface area contributed by atoms with Gasteiger partial charge in [-0.1, -0.05) is 17.7 Å². The third-order valence-corrected chi connectivity index (χ3v) is 3.07. The molecule has 2 rings (SSSR count). The molecule has 0 fully saturated rings. The fourth-order valence-electron chi connectivity index (χ4n) is 1.55. The lowest BCUT2D eigenvalue weighted by Gasteiger charge is -2.11. The van der Waals surface area contributed by atoms with Gasteiger partial charge >= 0.3 is 0 Å². The van der Waals surface area contributed by atoms with E-state index in [2.05, 4.69) is 26.2 Å². The quantitative estimate of drug-likeness (QED) is 0.858. The molecule has 2 aromatic rings. The number of anilines is 1. The van der Waals surface area contributed by atoms with E-state index < -0.39 is 0 Å². The molecule has 0 aliphatic carbocycles. The summed E-state index contributed by atoms with van der Waals surface area (Å²) in [5.74, 6) is 0.759. The maximum absolute atomic E-state index is 5.96. The van der Waals surface area contributed by atoms with Gasteiger partial charge in [0.15, 0.2) is 0 Å².